The van der Waals surface area contributed by atoms with Gasteiger partial charge in [0, 0.05) is 35.5 Å². The first-order chi connectivity index (χ1) is 14.4. The van der Waals surface area contributed by atoms with Crippen LogP contribution in [0.15, 0.2) is 46.9 Å². The van der Waals surface area contributed by atoms with Crippen LogP contribution in [0.5, 0.6) is 0 Å². The zero-order valence-corrected chi connectivity index (χ0v) is 19.2. The lowest BCUT2D eigenvalue weighted by atomic mass is 9.82. The molecular formula is C24H28BrN3O2. The van der Waals surface area contributed by atoms with Crippen LogP contribution in [0.3, 0.4) is 0 Å². The molecule has 1 aliphatic heterocycles. The number of aryl methyl sites for hydroxylation is 2. The minimum Gasteiger partial charge on any atom is -0.381 e. The van der Waals surface area contributed by atoms with Crippen LogP contribution in [0, 0.1) is 25.2 Å². The maximum absolute atomic E-state index is 13.3. The van der Waals surface area contributed by atoms with Crippen LogP contribution >= 0.6 is 15.9 Å². The van der Waals surface area contributed by atoms with Crippen LogP contribution in [0.25, 0.3) is 0 Å². The van der Waals surface area contributed by atoms with E-state index in [0.717, 1.165) is 39.7 Å². The Labute approximate surface area is 187 Å². The number of anilines is 1. The van der Waals surface area contributed by atoms with E-state index in [0.29, 0.717) is 26.2 Å². The normalized spacial score (nSPS) is 15.4. The zero-order chi connectivity index (χ0) is 21.6. The molecule has 0 saturated carbocycles. The summed E-state index contributed by atoms with van der Waals surface area (Å²) in [5, 5.41) is 12.6. The molecule has 0 atom stereocenters. The van der Waals surface area contributed by atoms with E-state index < -0.39 is 0 Å². The maximum atomic E-state index is 13.3. The van der Waals surface area contributed by atoms with Gasteiger partial charge in [-0.1, -0.05) is 34.1 Å². The molecule has 0 spiro atoms. The predicted molar refractivity (Wildman–Crippen MR) is 122 cm³/mol. The monoisotopic (exact) mass is 469 g/mol. The van der Waals surface area contributed by atoms with Crippen molar-refractivity contribution < 1.29 is 9.53 Å². The van der Waals surface area contributed by atoms with E-state index in [1.807, 2.05) is 38.1 Å². The van der Waals surface area contributed by atoms with Crippen LogP contribution in [0.2, 0.25) is 0 Å². The standard InChI is InChI=1S/C24H28BrN3O2/c1-18-13-19(2)15-22(14-18)28(10-4-9-26)23(29)17-27-24(7-11-30-12-8-24)20-5-3-6-21(25)16-20/h3,5-6,13-16,27H,4,7-8,10-12,17H2,1-2H3. The number of benzene rings is 2. The Morgan fingerprint density at radius 1 is 1.20 bits per heavy atom. The van der Waals surface area contributed by atoms with Crippen LogP contribution in [0.4, 0.5) is 5.69 Å². The highest BCUT2D eigenvalue weighted by molar-refractivity contribution is 9.10. The van der Waals surface area contributed by atoms with Crippen LogP contribution in [0.1, 0.15) is 36.0 Å². The molecule has 0 unspecified atom stereocenters. The number of ether oxygens (including phenoxy) is 1. The lowest BCUT2D eigenvalue weighted by molar-refractivity contribution is -0.118. The fourth-order valence-corrected chi connectivity index (χ4v) is 4.48. The molecule has 1 fully saturated rings. The molecule has 1 aliphatic rings. The van der Waals surface area contributed by atoms with E-state index in [1.165, 1.54) is 0 Å². The SMILES string of the molecule is Cc1cc(C)cc(N(CCC#N)C(=O)CNC2(c3cccc(Br)c3)CCOCC2)c1. The van der Waals surface area contributed by atoms with Gasteiger partial charge in [-0.2, -0.15) is 5.26 Å². The molecule has 1 amide bonds. The lowest BCUT2D eigenvalue weighted by Crippen LogP contribution is -2.51. The highest BCUT2D eigenvalue weighted by atomic mass is 79.9. The smallest absolute Gasteiger partial charge is 0.240 e. The van der Waals surface area contributed by atoms with Gasteiger partial charge >= 0.3 is 0 Å². The average Bonchev–Trinajstić information content (AvgIpc) is 2.72. The minimum atomic E-state index is -0.304. The number of carbonyl (C=O) groups excluding carboxylic acids is 1. The first-order valence-electron chi connectivity index (χ1n) is 10.3. The second-order valence-corrected chi connectivity index (χ2v) is 8.77. The number of halogens is 1. The summed E-state index contributed by atoms with van der Waals surface area (Å²) in [5.41, 5.74) is 3.90. The molecule has 2 aromatic rings. The predicted octanol–water partition coefficient (Wildman–Crippen LogP) is 4.61. The van der Waals surface area contributed by atoms with Gasteiger partial charge in [0.1, 0.15) is 0 Å². The first-order valence-corrected chi connectivity index (χ1v) is 11.1. The number of nitrogens with one attached hydrogen (secondary N) is 1. The van der Waals surface area contributed by atoms with Gasteiger partial charge in [-0.3, -0.25) is 10.1 Å². The molecule has 3 rings (SSSR count). The first kappa shape index (κ1) is 22.5. The van der Waals surface area contributed by atoms with E-state index >= 15 is 0 Å². The average molecular weight is 470 g/mol. The topological polar surface area (TPSA) is 65.4 Å². The highest BCUT2D eigenvalue weighted by Gasteiger charge is 2.35. The molecule has 158 valence electrons. The molecule has 1 N–H and O–H groups in total. The Morgan fingerprint density at radius 3 is 2.53 bits per heavy atom. The van der Waals surface area contributed by atoms with Crippen molar-refractivity contribution in [3.63, 3.8) is 0 Å². The molecule has 0 radical (unpaired) electrons. The van der Waals surface area contributed by atoms with Crippen LogP contribution in [-0.2, 0) is 15.1 Å². The van der Waals surface area contributed by atoms with Crippen LogP contribution < -0.4 is 10.2 Å². The van der Waals surface area contributed by atoms with Crippen molar-refractivity contribution in [1.82, 2.24) is 5.32 Å². The molecular weight excluding hydrogens is 442 g/mol. The van der Waals surface area contributed by atoms with E-state index in [4.69, 9.17) is 10.00 Å². The molecule has 6 heteroatoms. The van der Waals surface area contributed by atoms with Gasteiger partial charge in [0.2, 0.25) is 5.91 Å². The fraction of sp³-hybridized carbons (Fsp3) is 0.417. The number of nitriles is 1. The number of hydrogen-bond acceptors (Lipinski definition) is 4. The molecule has 0 bridgehead atoms. The van der Waals surface area contributed by atoms with E-state index in [-0.39, 0.29) is 18.0 Å². The Balaban J connectivity index is 1.82. The number of nitrogens with zero attached hydrogens (tertiary/aromatic N) is 2. The minimum absolute atomic E-state index is 0.0314. The van der Waals surface area contributed by atoms with Crippen molar-refractivity contribution in [3.05, 3.63) is 63.6 Å². The molecule has 1 saturated heterocycles. The zero-order valence-electron chi connectivity index (χ0n) is 17.6. The van der Waals surface area contributed by atoms with Crippen molar-refractivity contribution in [2.24, 2.45) is 0 Å². The van der Waals surface area contributed by atoms with E-state index in [9.17, 15) is 4.79 Å². The molecule has 0 aliphatic carbocycles. The molecule has 1 heterocycles. The van der Waals surface area contributed by atoms with Crippen molar-refractivity contribution >= 4 is 27.5 Å². The Morgan fingerprint density at radius 2 is 1.90 bits per heavy atom. The van der Waals surface area contributed by atoms with Gasteiger partial charge in [-0.05, 0) is 67.6 Å². The third-order valence-corrected chi connectivity index (χ3v) is 6.06. The van der Waals surface area contributed by atoms with Crippen LogP contribution in [-0.4, -0.2) is 32.2 Å². The third-order valence-electron chi connectivity index (χ3n) is 5.57. The summed E-state index contributed by atoms with van der Waals surface area (Å²) in [7, 11) is 0. The largest absolute Gasteiger partial charge is 0.381 e. The third kappa shape index (κ3) is 5.48. The van der Waals surface area contributed by atoms with Gasteiger partial charge in [0.05, 0.1) is 19.0 Å². The van der Waals surface area contributed by atoms with Gasteiger partial charge in [-0.25, -0.2) is 0 Å². The second kappa shape index (κ2) is 10.2. The number of amides is 1. The summed E-state index contributed by atoms with van der Waals surface area (Å²) < 4.78 is 6.61. The summed E-state index contributed by atoms with van der Waals surface area (Å²) in [5.74, 6) is -0.0314. The summed E-state index contributed by atoms with van der Waals surface area (Å²) >= 11 is 3.56. The number of rotatable bonds is 7. The Hall–Kier alpha value is -2.20. The second-order valence-electron chi connectivity index (χ2n) is 7.86. The summed E-state index contributed by atoms with van der Waals surface area (Å²) in [6.45, 7) is 5.93. The molecule has 0 aromatic heterocycles. The Bertz CT molecular complexity index is 912. The van der Waals surface area contributed by atoms with E-state index in [1.54, 1.807) is 4.90 Å². The maximum Gasteiger partial charge on any atom is 0.240 e. The van der Waals surface area contributed by atoms with Gasteiger partial charge in [0.15, 0.2) is 0 Å². The van der Waals surface area contributed by atoms with Gasteiger partial charge < -0.3 is 9.64 Å². The molecule has 2 aromatic carbocycles. The van der Waals surface area contributed by atoms with Crippen molar-refractivity contribution in [1.29, 1.82) is 5.26 Å². The van der Waals surface area contributed by atoms with Crippen molar-refractivity contribution in [2.75, 3.05) is 31.2 Å². The summed E-state index contributed by atoms with van der Waals surface area (Å²) in [6, 6.07) is 16.5. The summed E-state index contributed by atoms with van der Waals surface area (Å²) in [4.78, 5) is 15.0. The molecule has 30 heavy (non-hydrogen) atoms. The fourth-order valence-electron chi connectivity index (χ4n) is 4.08. The van der Waals surface area contributed by atoms with Gasteiger partial charge in [0.25, 0.3) is 0 Å². The molecule has 5 nitrogen and oxygen atoms in total. The Kier molecular flexibility index (Phi) is 7.65. The number of carbonyl (C=O) groups is 1. The number of hydrogen-bond donors (Lipinski definition) is 1. The van der Waals surface area contributed by atoms with E-state index in [2.05, 4.69) is 45.5 Å². The highest BCUT2D eigenvalue weighted by Crippen LogP contribution is 2.33. The van der Waals surface area contributed by atoms with Crippen molar-refractivity contribution in [2.45, 2.75) is 38.6 Å². The summed E-state index contributed by atoms with van der Waals surface area (Å²) in [6.07, 6.45) is 1.90. The van der Waals surface area contributed by atoms with Gasteiger partial charge in [-0.15, -0.1) is 0 Å². The quantitative estimate of drug-likeness (QED) is 0.642. The van der Waals surface area contributed by atoms with Crippen molar-refractivity contribution in [3.8, 4) is 6.07 Å². The lowest BCUT2D eigenvalue weighted by Gasteiger charge is -2.39.